The first-order valence-corrected chi connectivity index (χ1v) is 7.28. The Bertz CT molecular complexity index is 511. The highest BCUT2D eigenvalue weighted by Gasteiger charge is 2.45. The maximum atomic E-state index is 11.7. The molecule has 106 valence electrons. The molecule has 2 unspecified atom stereocenters. The van der Waals surface area contributed by atoms with Crippen molar-refractivity contribution in [3.05, 3.63) is 48.0 Å². The number of hydrogen-bond acceptors (Lipinski definition) is 3. The average Bonchev–Trinajstić information content (AvgIpc) is 3.08. The maximum absolute atomic E-state index is 11.7. The Hall–Kier alpha value is -1.61. The lowest BCUT2D eigenvalue weighted by Crippen LogP contribution is -2.41. The van der Waals surface area contributed by atoms with Gasteiger partial charge in [-0.1, -0.05) is 42.5 Å². The van der Waals surface area contributed by atoms with E-state index in [1.807, 2.05) is 6.07 Å². The van der Waals surface area contributed by atoms with E-state index in [-0.39, 0.29) is 12.0 Å². The average molecular weight is 271 g/mol. The van der Waals surface area contributed by atoms with E-state index in [9.17, 15) is 4.79 Å². The van der Waals surface area contributed by atoms with Crippen LogP contribution in [0.15, 0.2) is 42.5 Å². The summed E-state index contributed by atoms with van der Waals surface area (Å²) in [5.41, 5.74) is 1.31. The predicted molar refractivity (Wildman–Crippen MR) is 78.2 cm³/mol. The third-order valence-electron chi connectivity index (χ3n) is 4.69. The van der Waals surface area contributed by atoms with Gasteiger partial charge in [-0.3, -0.25) is 9.69 Å². The van der Waals surface area contributed by atoms with E-state index in [0.29, 0.717) is 24.4 Å². The molecule has 0 amide bonds. The number of likely N-dealkylation sites (tertiary alicyclic amines) is 1. The molecule has 2 bridgehead atoms. The van der Waals surface area contributed by atoms with E-state index < -0.39 is 0 Å². The summed E-state index contributed by atoms with van der Waals surface area (Å²) in [7, 11) is 1.47. The zero-order valence-corrected chi connectivity index (χ0v) is 12.0. The number of rotatable bonds is 4. The number of ether oxygens (including phenoxy) is 1. The SMILES string of the molecule is COC(=O)C[C@H]1C2C=CC(C2)N1[C@@H](C)c1ccccc1. The van der Waals surface area contributed by atoms with Crippen LogP contribution in [0, 0.1) is 5.92 Å². The quantitative estimate of drug-likeness (QED) is 0.623. The molecule has 0 aromatic heterocycles. The van der Waals surface area contributed by atoms with Crippen LogP contribution in [0.3, 0.4) is 0 Å². The van der Waals surface area contributed by atoms with E-state index >= 15 is 0 Å². The van der Waals surface area contributed by atoms with Crippen LogP contribution in [-0.4, -0.2) is 30.1 Å². The lowest BCUT2D eigenvalue weighted by molar-refractivity contribution is -0.142. The summed E-state index contributed by atoms with van der Waals surface area (Å²) < 4.78 is 4.86. The van der Waals surface area contributed by atoms with Gasteiger partial charge < -0.3 is 4.74 Å². The Labute approximate surface area is 120 Å². The van der Waals surface area contributed by atoms with Crippen molar-refractivity contribution in [1.29, 1.82) is 0 Å². The summed E-state index contributed by atoms with van der Waals surface area (Å²) >= 11 is 0. The number of carbonyl (C=O) groups excluding carboxylic acids is 1. The van der Waals surface area contributed by atoms with Crippen molar-refractivity contribution in [2.24, 2.45) is 5.92 Å². The Morgan fingerprint density at radius 3 is 2.80 bits per heavy atom. The molecule has 3 rings (SSSR count). The molecule has 0 saturated carbocycles. The lowest BCUT2D eigenvalue weighted by Gasteiger charge is -2.37. The minimum atomic E-state index is -0.110. The highest BCUT2D eigenvalue weighted by molar-refractivity contribution is 5.70. The van der Waals surface area contributed by atoms with Crippen LogP contribution in [-0.2, 0) is 9.53 Å². The molecule has 3 heteroatoms. The molecule has 0 spiro atoms. The smallest absolute Gasteiger partial charge is 0.307 e. The minimum Gasteiger partial charge on any atom is -0.469 e. The molecule has 1 aliphatic carbocycles. The van der Waals surface area contributed by atoms with Crippen molar-refractivity contribution in [2.45, 2.75) is 37.9 Å². The van der Waals surface area contributed by atoms with Gasteiger partial charge in [0.15, 0.2) is 0 Å². The Balaban J connectivity index is 1.83. The van der Waals surface area contributed by atoms with E-state index in [2.05, 4.69) is 48.2 Å². The van der Waals surface area contributed by atoms with Gasteiger partial charge in [-0.05, 0) is 24.8 Å². The molecule has 0 radical (unpaired) electrons. The van der Waals surface area contributed by atoms with Crippen LogP contribution in [0.4, 0.5) is 0 Å². The van der Waals surface area contributed by atoms with Crippen molar-refractivity contribution in [3.8, 4) is 0 Å². The van der Waals surface area contributed by atoms with E-state index in [1.54, 1.807) is 0 Å². The van der Waals surface area contributed by atoms with Crippen molar-refractivity contribution in [2.75, 3.05) is 7.11 Å². The lowest BCUT2D eigenvalue weighted by atomic mass is 9.96. The number of benzene rings is 1. The van der Waals surface area contributed by atoms with E-state index in [0.717, 1.165) is 6.42 Å². The van der Waals surface area contributed by atoms with E-state index in [4.69, 9.17) is 4.74 Å². The molecule has 2 aliphatic rings. The standard InChI is InChI=1S/C17H21NO2/c1-12(13-6-4-3-5-7-13)18-15-9-8-14(10-15)16(18)11-17(19)20-2/h3-9,12,14-16H,10-11H2,1-2H3/t12-,14?,15?,16-/m0/s1. The second kappa shape index (κ2) is 5.41. The number of carbonyl (C=O) groups is 1. The molecule has 1 saturated heterocycles. The van der Waals surface area contributed by atoms with Gasteiger partial charge in [0.2, 0.25) is 0 Å². The van der Waals surface area contributed by atoms with Crippen LogP contribution in [0.5, 0.6) is 0 Å². The summed E-state index contributed by atoms with van der Waals surface area (Å²) in [6, 6.07) is 11.6. The van der Waals surface area contributed by atoms with Crippen LogP contribution < -0.4 is 0 Å². The molecular weight excluding hydrogens is 250 g/mol. The molecule has 1 aliphatic heterocycles. The topological polar surface area (TPSA) is 29.5 Å². The fraction of sp³-hybridized carbons (Fsp3) is 0.471. The normalized spacial score (nSPS) is 29.6. The van der Waals surface area contributed by atoms with Crippen molar-refractivity contribution in [3.63, 3.8) is 0 Å². The Morgan fingerprint density at radius 1 is 1.35 bits per heavy atom. The second-order valence-corrected chi connectivity index (χ2v) is 5.73. The Kier molecular flexibility index (Phi) is 3.62. The van der Waals surface area contributed by atoms with Crippen LogP contribution in [0.1, 0.15) is 31.4 Å². The van der Waals surface area contributed by atoms with Gasteiger partial charge in [-0.2, -0.15) is 0 Å². The summed E-state index contributed by atoms with van der Waals surface area (Å²) in [6.45, 7) is 2.23. The molecule has 20 heavy (non-hydrogen) atoms. The van der Waals surface area contributed by atoms with Gasteiger partial charge in [0.1, 0.15) is 0 Å². The van der Waals surface area contributed by atoms with Gasteiger partial charge in [0.25, 0.3) is 0 Å². The van der Waals surface area contributed by atoms with Crippen LogP contribution in [0.25, 0.3) is 0 Å². The molecule has 1 heterocycles. The number of esters is 1. The van der Waals surface area contributed by atoms with Gasteiger partial charge in [-0.15, -0.1) is 0 Å². The zero-order valence-electron chi connectivity index (χ0n) is 12.0. The third kappa shape index (κ3) is 2.27. The molecule has 1 fully saturated rings. The molecule has 3 nitrogen and oxygen atoms in total. The van der Waals surface area contributed by atoms with E-state index in [1.165, 1.54) is 12.7 Å². The monoisotopic (exact) mass is 271 g/mol. The number of nitrogens with zero attached hydrogens (tertiary/aromatic N) is 1. The summed E-state index contributed by atoms with van der Waals surface area (Å²) in [6.07, 6.45) is 6.18. The number of hydrogen-bond donors (Lipinski definition) is 0. The van der Waals surface area contributed by atoms with Crippen LogP contribution >= 0.6 is 0 Å². The number of methoxy groups -OCH3 is 1. The summed E-state index contributed by atoms with van der Waals surface area (Å²) in [4.78, 5) is 14.2. The van der Waals surface area contributed by atoms with Gasteiger partial charge in [0.05, 0.1) is 13.5 Å². The van der Waals surface area contributed by atoms with Gasteiger partial charge >= 0.3 is 5.97 Å². The van der Waals surface area contributed by atoms with Gasteiger partial charge in [0, 0.05) is 18.1 Å². The zero-order chi connectivity index (χ0) is 14.1. The Morgan fingerprint density at radius 2 is 2.10 bits per heavy atom. The van der Waals surface area contributed by atoms with Crippen LogP contribution in [0.2, 0.25) is 0 Å². The van der Waals surface area contributed by atoms with Crippen molar-refractivity contribution in [1.82, 2.24) is 4.90 Å². The molecule has 1 aromatic rings. The minimum absolute atomic E-state index is 0.110. The highest BCUT2D eigenvalue weighted by Crippen LogP contribution is 2.43. The third-order valence-corrected chi connectivity index (χ3v) is 4.69. The maximum Gasteiger partial charge on any atom is 0.307 e. The largest absolute Gasteiger partial charge is 0.469 e. The molecule has 4 atom stereocenters. The summed E-state index contributed by atoms with van der Waals surface area (Å²) in [5, 5.41) is 0. The second-order valence-electron chi connectivity index (χ2n) is 5.73. The predicted octanol–water partition coefficient (Wildman–Crippen LogP) is 2.94. The molecular formula is C17H21NO2. The fourth-order valence-electron chi connectivity index (χ4n) is 3.67. The fourth-order valence-corrected chi connectivity index (χ4v) is 3.67. The summed E-state index contributed by atoms with van der Waals surface area (Å²) in [5.74, 6) is 0.381. The number of fused-ring (bicyclic) bond motifs is 2. The molecule has 0 N–H and O–H groups in total. The highest BCUT2D eigenvalue weighted by atomic mass is 16.5. The first kappa shape index (κ1) is 13.4. The first-order chi connectivity index (χ1) is 9.70. The van der Waals surface area contributed by atoms with Crippen molar-refractivity contribution >= 4 is 5.97 Å². The molecule has 1 aromatic carbocycles. The first-order valence-electron chi connectivity index (χ1n) is 7.28. The van der Waals surface area contributed by atoms with Gasteiger partial charge in [-0.25, -0.2) is 0 Å². The van der Waals surface area contributed by atoms with Crippen molar-refractivity contribution < 1.29 is 9.53 Å².